The molecule has 0 saturated carbocycles. The van der Waals surface area contributed by atoms with E-state index < -0.39 is 133 Å². The topological polar surface area (TPSA) is 462 Å². The molecule has 9 N–H and O–H groups in total. The predicted octanol–water partition coefficient (Wildman–Crippen LogP) is 4.98. The summed E-state index contributed by atoms with van der Waals surface area (Å²) in [4.78, 5) is -4.10. The second kappa shape index (κ2) is 22.3. The minimum absolute atomic E-state index is 0.0646. The molecule has 4 aromatic rings. The van der Waals surface area contributed by atoms with Gasteiger partial charge in [-0.2, -0.15) is 25.3 Å². The summed E-state index contributed by atoms with van der Waals surface area (Å²) in [6.45, 7) is -0.377. The van der Waals surface area contributed by atoms with E-state index in [2.05, 4.69) is 52.8 Å². The van der Waals surface area contributed by atoms with Crippen molar-refractivity contribution < 1.29 is 113 Å². The highest BCUT2D eigenvalue weighted by atomic mass is 32.3. The van der Waals surface area contributed by atoms with Gasteiger partial charge in [0.05, 0.1) is 79.5 Å². The van der Waals surface area contributed by atoms with Crippen LogP contribution in [0.25, 0.3) is 10.8 Å². The molecule has 4 aromatic carbocycles. The molecule has 0 unspecified atom stereocenters. The molecule has 30 nitrogen and oxygen atoms in total. The fraction of sp³-hybridized carbons (Fsp3) is 0.185. The monoisotopic (exact) mass is 1080 g/mol. The Kier molecular flexibility index (Phi) is 18.5. The van der Waals surface area contributed by atoms with Gasteiger partial charge in [-0.1, -0.05) is 15.1 Å². The molecule has 4 rings (SSSR count). The van der Waals surface area contributed by atoms with Crippen molar-refractivity contribution in [3.63, 3.8) is 0 Å². The van der Waals surface area contributed by atoms with Gasteiger partial charge >= 0.3 is 10.4 Å². The number of anilines is 1. The first-order chi connectivity index (χ1) is 30.3. The number of sulfone groups is 2. The summed E-state index contributed by atoms with van der Waals surface area (Å²) in [5.41, 5.74) is 2.64. The molecular weight excluding hydrogens is 1050 g/mol. The number of nitrogen functional groups attached to an aromatic ring is 1. The third kappa shape index (κ3) is 14.3. The van der Waals surface area contributed by atoms with Gasteiger partial charge in [-0.05, 0) is 60.3 Å². The molecule has 0 spiro atoms. The first-order valence-corrected chi connectivity index (χ1v) is 25.8. The van der Waals surface area contributed by atoms with E-state index in [1.807, 2.05) is 0 Å². The third-order valence-corrected chi connectivity index (χ3v) is 15.0. The second-order valence-electron chi connectivity index (χ2n) is 11.7. The number of benzene rings is 4. The standard InChI is InChI=1S/C27H27N5O25S8/c1-13-8-17(21(63(41,42)43)12-20(13)62(39,40)6-4-50-60-57-54-36)30-31-25-19(59-56-53-35)9-14-10-22(64(44,45)46)26(24(28)23(14)27(25)33)32-29-16-3-2-15(11-18(16)58-55-52-34)61(37,38)7-5-51-65(47,48)49/h2-3,8-12,33-36H,4-7,28H2,1H3,(H,41,42,43)(H,44,45,46)(H,47,48,49). The van der Waals surface area contributed by atoms with Crippen LogP contribution in [0.2, 0.25) is 0 Å². The van der Waals surface area contributed by atoms with Gasteiger partial charge in [0, 0.05) is 0 Å². The fourth-order valence-corrected chi connectivity index (χ4v) is 10.7. The van der Waals surface area contributed by atoms with Gasteiger partial charge in [0.25, 0.3) is 20.2 Å². The van der Waals surface area contributed by atoms with E-state index in [9.17, 15) is 56.3 Å². The lowest BCUT2D eigenvalue weighted by molar-refractivity contribution is -0.434. The summed E-state index contributed by atoms with van der Waals surface area (Å²) in [6.07, 6.45) is 0. The number of aryl methyl sites for hydroxylation is 1. The molecule has 65 heavy (non-hydrogen) atoms. The van der Waals surface area contributed by atoms with E-state index in [1.54, 1.807) is 0 Å². The summed E-state index contributed by atoms with van der Waals surface area (Å²) < 4.78 is 174. The largest absolute Gasteiger partial charge is 0.505 e. The van der Waals surface area contributed by atoms with Crippen LogP contribution in [0.15, 0.2) is 92.3 Å². The van der Waals surface area contributed by atoms with Crippen molar-refractivity contribution in [2.75, 3.05) is 30.5 Å². The summed E-state index contributed by atoms with van der Waals surface area (Å²) in [7, 11) is -24.4. The van der Waals surface area contributed by atoms with Crippen LogP contribution in [0.4, 0.5) is 28.4 Å². The second-order valence-corrected chi connectivity index (χ2v) is 21.8. The molecule has 0 heterocycles. The van der Waals surface area contributed by atoms with Crippen LogP contribution in [0, 0.1) is 6.92 Å². The first-order valence-electron chi connectivity index (χ1n) is 16.1. The van der Waals surface area contributed by atoms with Crippen molar-refractivity contribution >= 4 is 126 Å². The Morgan fingerprint density at radius 2 is 1.22 bits per heavy atom. The van der Waals surface area contributed by atoms with E-state index in [0.717, 1.165) is 30.3 Å². The maximum atomic E-state index is 13.0. The van der Waals surface area contributed by atoms with Crippen molar-refractivity contribution in [1.82, 2.24) is 0 Å². The average Bonchev–Trinajstić information content (AvgIpc) is 3.19. The third-order valence-electron chi connectivity index (χ3n) is 7.70. The number of aromatic hydroxyl groups is 1. The molecule has 0 bridgehead atoms. The lowest BCUT2D eigenvalue weighted by atomic mass is 10.1. The van der Waals surface area contributed by atoms with Gasteiger partial charge in [-0.25, -0.2) is 36.8 Å². The molecule has 38 heteroatoms. The van der Waals surface area contributed by atoms with E-state index in [1.165, 1.54) is 6.92 Å². The number of fused-ring (bicyclic) bond motifs is 1. The molecule has 0 aliphatic heterocycles. The molecule has 0 amide bonds. The summed E-state index contributed by atoms with van der Waals surface area (Å²) in [5.74, 6) is -2.80. The van der Waals surface area contributed by atoms with Gasteiger partial charge in [0.1, 0.15) is 32.5 Å². The van der Waals surface area contributed by atoms with Gasteiger partial charge in [-0.3, -0.25) is 17.8 Å². The van der Waals surface area contributed by atoms with E-state index >= 15 is 0 Å². The minimum atomic E-state index is -5.31. The van der Waals surface area contributed by atoms with E-state index in [0.29, 0.717) is 12.1 Å². The first kappa shape index (κ1) is 53.8. The molecule has 358 valence electrons. The SMILES string of the molecule is Cc1cc(N=Nc2c(SOOO)cc3cc(S(=O)(=O)O)c(N=Nc4ccc(S(=O)(=O)CCOS(=O)(=O)O)cc4SOOO)c(N)c3c2O)c(S(=O)(=O)O)cc1S(=O)(=O)CCOSOOO. The average molecular weight is 1080 g/mol. The maximum absolute atomic E-state index is 13.0. The van der Waals surface area contributed by atoms with E-state index in [-0.39, 0.29) is 57.9 Å². The maximum Gasteiger partial charge on any atom is 0.397 e. The fourth-order valence-electron chi connectivity index (χ4n) is 5.08. The number of phenols is 1. The van der Waals surface area contributed by atoms with Crippen LogP contribution in [-0.2, 0) is 86.8 Å². The van der Waals surface area contributed by atoms with Crippen LogP contribution in [0.5, 0.6) is 5.75 Å². The Morgan fingerprint density at radius 3 is 1.82 bits per heavy atom. The number of azo groups is 2. The van der Waals surface area contributed by atoms with Gasteiger partial charge in [0.15, 0.2) is 37.7 Å². The number of rotatable bonds is 24. The van der Waals surface area contributed by atoms with Crippen LogP contribution in [0.3, 0.4) is 0 Å². The molecule has 0 radical (unpaired) electrons. The van der Waals surface area contributed by atoms with Crippen molar-refractivity contribution in [1.29, 1.82) is 0 Å². The molecule has 0 fully saturated rings. The number of hydrogen-bond acceptors (Lipinski definition) is 30. The van der Waals surface area contributed by atoms with Crippen LogP contribution < -0.4 is 5.73 Å². The predicted molar refractivity (Wildman–Crippen MR) is 217 cm³/mol. The highest BCUT2D eigenvalue weighted by Gasteiger charge is 2.28. The zero-order valence-corrected chi connectivity index (χ0v) is 38.0. The van der Waals surface area contributed by atoms with Crippen LogP contribution in [0.1, 0.15) is 5.56 Å². The zero-order chi connectivity index (χ0) is 48.5. The molecule has 0 aliphatic carbocycles. The molecular formula is C27H27N5O25S8. The number of hydrogen-bond donors (Lipinski definition) is 8. The smallest absolute Gasteiger partial charge is 0.397 e. The van der Waals surface area contributed by atoms with E-state index in [4.69, 9.17) is 30.2 Å². The Morgan fingerprint density at radius 1 is 0.631 bits per heavy atom. The quantitative estimate of drug-likeness (QED) is 0.00871. The Bertz CT molecular complexity index is 3060. The lowest BCUT2D eigenvalue weighted by Crippen LogP contribution is -2.15. The normalized spacial score (nSPS) is 13.2. The minimum Gasteiger partial charge on any atom is -0.505 e. The molecule has 0 saturated heterocycles. The van der Waals surface area contributed by atoms with Gasteiger partial charge in [-0.15, -0.1) is 33.5 Å². The number of nitrogens with zero attached hydrogens (tertiary/aromatic N) is 4. The van der Waals surface area contributed by atoms with Crippen LogP contribution >= 0.6 is 36.4 Å². The Hall–Kier alpha value is -3.82. The summed E-state index contributed by atoms with van der Waals surface area (Å²) in [5, 5.41) is 62.0. The zero-order valence-electron chi connectivity index (χ0n) is 31.5. The number of nitrogens with two attached hydrogens (primary N) is 1. The molecule has 0 aliphatic rings. The Balaban J connectivity index is 1.90. The highest BCUT2D eigenvalue weighted by molar-refractivity contribution is 7.95. The van der Waals surface area contributed by atoms with Crippen molar-refractivity contribution in [2.45, 2.75) is 36.3 Å². The molecule has 0 atom stereocenters. The summed E-state index contributed by atoms with van der Waals surface area (Å²) in [6, 6.07) is 5.79. The van der Waals surface area contributed by atoms with Crippen molar-refractivity contribution in [2.24, 2.45) is 20.5 Å². The van der Waals surface area contributed by atoms with Crippen molar-refractivity contribution in [3.05, 3.63) is 48.0 Å². The Labute approximate surface area is 377 Å². The lowest BCUT2D eigenvalue weighted by Gasteiger charge is -2.14. The summed E-state index contributed by atoms with van der Waals surface area (Å²) >= 11 is 0.270. The van der Waals surface area contributed by atoms with Gasteiger partial charge in [0.2, 0.25) is 0 Å². The van der Waals surface area contributed by atoms with Crippen LogP contribution in [-0.4, -0.2) is 101 Å². The van der Waals surface area contributed by atoms with Gasteiger partial charge < -0.3 is 10.8 Å². The van der Waals surface area contributed by atoms with Crippen molar-refractivity contribution in [3.8, 4) is 5.75 Å². The molecule has 0 aromatic heterocycles. The number of phenolic OH excluding ortho intramolecular Hbond substituents is 1. The highest BCUT2D eigenvalue weighted by Crippen LogP contribution is 2.50.